The number of alkyl halides is 3. The lowest BCUT2D eigenvalue weighted by Crippen LogP contribution is -2.13. The van der Waals surface area contributed by atoms with E-state index in [0.717, 1.165) is 0 Å². The van der Waals surface area contributed by atoms with E-state index >= 15 is 0 Å². The normalized spacial score (nSPS) is 12.2. The van der Waals surface area contributed by atoms with Crippen LogP contribution in [0.5, 0.6) is 11.5 Å². The molecule has 0 saturated heterocycles. The monoisotopic (exact) mass is 436 g/mol. The quantitative estimate of drug-likeness (QED) is 0.192. The number of amidine groups is 1. The van der Waals surface area contributed by atoms with E-state index in [0.29, 0.717) is 22.3 Å². The second kappa shape index (κ2) is 8.54. The lowest BCUT2D eigenvalue weighted by Gasteiger charge is -2.16. The van der Waals surface area contributed by atoms with Crippen molar-refractivity contribution in [2.24, 2.45) is 10.9 Å². The predicted molar refractivity (Wildman–Crippen MR) is 106 cm³/mol. The minimum absolute atomic E-state index is 0.0587. The summed E-state index contributed by atoms with van der Waals surface area (Å²) in [5.41, 5.74) is 7.74. The first-order valence-corrected chi connectivity index (χ1v) is 9.00. The van der Waals surface area contributed by atoms with E-state index in [1.54, 1.807) is 22.8 Å². The molecule has 0 unspecified atom stereocenters. The summed E-state index contributed by atoms with van der Waals surface area (Å²) in [5.74, 6) is -0.647. The number of halogens is 3. The summed E-state index contributed by atoms with van der Waals surface area (Å²) in [7, 11) is 2.63. The number of methoxy groups -OCH3 is 2. The summed E-state index contributed by atoms with van der Waals surface area (Å²) < 4.78 is 49.9. The standard InChI is InChI=1S/C20H19F3N4O4/c1-30-16-8-12(9-17(31-2)18(16)15(28)5-6-20(21,22)23)27-10-25-13-7-11(19(24)26-29)3-4-14(13)27/h3-4,7-10,29H,5-6H2,1-2H3,(H2,24,26). The molecule has 3 rings (SSSR count). The van der Waals surface area contributed by atoms with Gasteiger partial charge in [-0.05, 0) is 18.2 Å². The highest BCUT2D eigenvalue weighted by atomic mass is 19.4. The molecule has 1 heterocycles. The second-order valence-electron chi connectivity index (χ2n) is 6.57. The molecule has 0 amide bonds. The number of oxime groups is 1. The van der Waals surface area contributed by atoms with Crippen LogP contribution in [0.4, 0.5) is 13.2 Å². The van der Waals surface area contributed by atoms with E-state index < -0.39 is 24.8 Å². The van der Waals surface area contributed by atoms with E-state index in [1.807, 2.05) is 0 Å². The van der Waals surface area contributed by atoms with Gasteiger partial charge in [-0.15, -0.1) is 0 Å². The largest absolute Gasteiger partial charge is 0.496 e. The fourth-order valence-electron chi connectivity index (χ4n) is 3.13. The summed E-state index contributed by atoms with van der Waals surface area (Å²) in [5, 5.41) is 11.8. The second-order valence-corrected chi connectivity index (χ2v) is 6.57. The van der Waals surface area contributed by atoms with E-state index in [-0.39, 0.29) is 22.9 Å². The number of ether oxygens (including phenoxy) is 2. The SMILES string of the molecule is COc1cc(-n2cnc3cc(C(N)=NO)ccc32)cc(OC)c1C(=O)CCC(F)(F)F. The third-order valence-electron chi connectivity index (χ3n) is 4.63. The molecule has 0 bridgehead atoms. The maximum atomic E-state index is 12.5. The summed E-state index contributed by atoms with van der Waals surface area (Å²) in [4.78, 5) is 16.8. The highest BCUT2D eigenvalue weighted by Gasteiger charge is 2.30. The van der Waals surface area contributed by atoms with E-state index in [2.05, 4.69) is 10.1 Å². The molecule has 1 aromatic heterocycles. The molecule has 3 N–H and O–H groups in total. The zero-order valence-corrected chi connectivity index (χ0v) is 16.6. The first-order valence-electron chi connectivity index (χ1n) is 9.00. The maximum Gasteiger partial charge on any atom is 0.389 e. The van der Waals surface area contributed by atoms with Crippen LogP contribution in [0.25, 0.3) is 16.7 Å². The number of benzene rings is 2. The molecule has 164 valence electrons. The number of imidazole rings is 1. The molecular weight excluding hydrogens is 417 g/mol. The van der Waals surface area contributed by atoms with Gasteiger partial charge in [-0.25, -0.2) is 4.98 Å². The smallest absolute Gasteiger partial charge is 0.389 e. The zero-order valence-electron chi connectivity index (χ0n) is 16.6. The van der Waals surface area contributed by atoms with Gasteiger partial charge in [0.25, 0.3) is 0 Å². The fourth-order valence-corrected chi connectivity index (χ4v) is 3.13. The van der Waals surface area contributed by atoms with Crippen molar-refractivity contribution in [3.05, 3.63) is 47.8 Å². The Morgan fingerprint density at radius 2 is 1.84 bits per heavy atom. The minimum Gasteiger partial charge on any atom is -0.496 e. The minimum atomic E-state index is -4.45. The zero-order chi connectivity index (χ0) is 22.8. The number of nitrogens with two attached hydrogens (primary N) is 1. The van der Waals surface area contributed by atoms with Gasteiger partial charge in [0.2, 0.25) is 0 Å². The van der Waals surface area contributed by atoms with Crippen molar-refractivity contribution in [3.8, 4) is 17.2 Å². The Kier molecular flexibility index (Phi) is 6.04. The molecule has 0 aliphatic rings. The number of aromatic nitrogens is 2. The van der Waals surface area contributed by atoms with Crippen LogP contribution in [0.3, 0.4) is 0 Å². The first-order chi connectivity index (χ1) is 14.7. The highest BCUT2D eigenvalue weighted by Crippen LogP contribution is 2.35. The molecule has 0 atom stereocenters. The van der Waals surface area contributed by atoms with E-state index in [1.165, 1.54) is 32.7 Å². The van der Waals surface area contributed by atoms with Gasteiger partial charge in [0.1, 0.15) is 23.4 Å². The molecule has 0 radical (unpaired) electrons. The van der Waals surface area contributed by atoms with Crippen LogP contribution in [0.15, 0.2) is 41.8 Å². The topological polar surface area (TPSA) is 112 Å². The molecule has 8 nitrogen and oxygen atoms in total. The number of hydrogen-bond acceptors (Lipinski definition) is 6. The Hall–Kier alpha value is -3.76. The fraction of sp³-hybridized carbons (Fsp3) is 0.250. The lowest BCUT2D eigenvalue weighted by atomic mass is 10.0. The van der Waals surface area contributed by atoms with Crippen LogP contribution in [-0.4, -0.2) is 46.8 Å². The number of nitrogens with zero attached hydrogens (tertiary/aromatic N) is 3. The Labute approximate surface area is 174 Å². The van der Waals surface area contributed by atoms with Gasteiger partial charge >= 0.3 is 6.18 Å². The van der Waals surface area contributed by atoms with Gasteiger partial charge in [0.15, 0.2) is 11.6 Å². The third-order valence-corrected chi connectivity index (χ3v) is 4.63. The van der Waals surface area contributed by atoms with Crippen LogP contribution in [0.2, 0.25) is 0 Å². The average molecular weight is 436 g/mol. The van der Waals surface area contributed by atoms with Gasteiger partial charge in [-0.2, -0.15) is 13.2 Å². The van der Waals surface area contributed by atoms with Crippen LogP contribution in [0, 0.1) is 0 Å². The van der Waals surface area contributed by atoms with Crippen molar-refractivity contribution < 1.29 is 32.6 Å². The van der Waals surface area contributed by atoms with Crippen molar-refractivity contribution in [2.75, 3.05) is 14.2 Å². The number of ketones is 1. The Balaban J connectivity index is 2.06. The number of Topliss-reactive ketones (excluding diaryl/α,β-unsaturated/α-hetero) is 1. The molecule has 0 aliphatic carbocycles. The van der Waals surface area contributed by atoms with Crippen molar-refractivity contribution in [1.82, 2.24) is 9.55 Å². The van der Waals surface area contributed by atoms with Gasteiger partial charge in [-0.3, -0.25) is 9.36 Å². The molecule has 31 heavy (non-hydrogen) atoms. The van der Waals surface area contributed by atoms with Crippen LogP contribution in [-0.2, 0) is 0 Å². The van der Waals surface area contributed by atoms with Crippen molar-refractivity contribution >= 4 is 22.7 Å². The van der Waals surface area contributed by atoms with Crippen molar-refractivity contribution in [3.63, 3.8) is 0 Å². The Bertz CT molecular complexity index is 1130. The highest BCUT2D eigenvalue weighted by molar-refractivity contribution is 6.02. The van der Waals surface area contributed by atoms with Crippen molar-refractivity contribution in [2.45, 2.75) is 19.0 Å². The Morgan fingerprint density at radius 1 is 1.19 bits per heavy atom. The molecule has 2 aromatic carbocycles. The Morgan fingerprint density at radius 3 is 2.39 bits per heavy atom. The summed E-state index contributed by atoms with van der Waals surface area (Å²) >= 11 is 0. The number of carbonyl (C=O) groups is 1. The molecular formula is C20H19F3N4O4. The van der Waals surface area contributed by atoms with Gasteiger partial charge in [0, 0.05) is 24.1 Å². The number of hydrogen-bond donors (Lipinski definition) is 2. The van der Waals surface area contributed by atoms with Crippen LogP contribution < -0.4 is 15.2 Å². The lowest BCUT2D eigenvalue weighted by molar-refractivity contribution is -0.133. The summed E-state index contributed by atoms with van der Waals surface area (Å²) in [6.07, 6.45) is -4.90. The molecule has 0 fully saturated rings. The molecule has 0 saturated carbocycles. The first kappa shape index (κ1) is 21.9. The molecule has 11 heteroatoms. The summed E-state index contributed by atoms with van der Waals surface area (Å²) in [6.45, 7) is 0. The van der Waals surface area contributed by atoms with E-state index in [9.17, 15) is 18.0 Å². The molecule has 3 aromatic rings. The van der Waals surface area contributed by atoms with Crippen LogP contribution >= 0.6 is 0 Å². The number of fused-ring (bicyclic) bond motifs is 1. The van der Waals surface area contributed by atoms with Crippen LogP contribution in [0.1, 0.15) is 28.8 Å². The van der Waals surface area contributed by atoms with Gasteiger partial charge in [0.05, 0.1) is 37.4 Å². The van der Waals surface area contributed by atoms with Gasteiger partial charge in [-0.1, -0.05) is 5.16 Å². The third kappa shape index (κ3) is 4.55. The number of carbonyl (C=O) groups excluding carboxylic acids is 1. The molecule has 0 aliphatic heterocycles. The maximum absolute atomic E-state index is 12.5. The summed E-state index contributed by atoms with van der Waals surface area (Å²) in [6, 6.07) is 8.00. The average Bonchev–Trinajstić information content (AvgIpc) is 3.18. The van der Waals surface area contributed by atoms with Gasteiger partial charge < -0.3 is 20.4 Å². The van der Waals surface area contributed by atoms with Crippen molar-refractivity contribution in [1.29, 1.82) is 0 Å². The number of rotatable bonds is 7. The molecule has 0 spiro atoms. The van der Waals surface area contributed by atoms with E-state index in [4.69, 9.17) is 20.4 Å². The predicted octanol–water partition coefficient (Wildman–Crippen LogP) is 3.66.